The fourth-order valence-electron chi connectivity index (χ4n) is 2.97. The molecule has 0 radical (unpaired) electrons. The molecule has 148 valence electrons. The summed E-state index contributed by atoms with van der Waals surface area (Å²) in [5, 5.41) is 2.88. The van der Waals surface area contributed by atoms with Gasteiger partial charge < -0.3 is 19.6 Å². The highest BCUT2D eigenvalue weighted by Crippen LogP contribution is 2.30. The number of carbonyl (C=O) groups excluding carboxylic acids is 3. The van der Waals surface area contributed by atoms with Crippen molar-refractivity contribution < 1.29 is 23.9 Å². The van der Waals surface area contributed by atoms with Gasteiger partial charge in [0, 0.05) is 27.0 Å². The summed E-state index contributed by atoms with van der Waals surface area (Å²) < 4.78 is 11.4. The number of ether oxygens (including phenoxy) is 2. The van der Waals surface area contributed by atoms with E-state index in [-0.39, 0.29) is 36.4 Å². The minimum atomic E-state index is -1.28. The Morgan fingerprint density at radius 1 is 1.35 bits per heavy atom. The monoisotopic (exact) mass is 383 g/mol. The quantitative estimate of drug-likeness (QED) is 0.376. The molecule has 0 spiro atoms. The van der Waals surface area contributed by atoms with Crippen molar-refractivity contribution >= 4 is 26.2 Å². The summed E-state index contributed by atoms with van der Waals surface area (Å²) in [4.78, 5) is 35.2. The number of rotatable bonds is 9. The number of amides is 1. The number of esters is 1. The molecule has 0 fully saturated rings. The second kappa shape index (κ2) is 10.0. The van der Waals surface area contributed by atoms with Crippen molar-refractivity contribution in [2.45, 2.75) is 77.5 Å². The van der Waals surface area contributed by atoms with Crippen LogP contribution in [0.1, 0.15) is 33.6 Å². The Hall–Kier alpha value is -1.47. The van der Waals surface area contributed by atoms with Crippen LogP contribution in [0.25, 0.3) is 0 Å². The van der Waals surface area contributed by atoms with Crippen LogP contribution in [0.5, 0.6) is 0 Å². The summed E-state index contributed by atoms with van der Waals surface area (Å²) in [6.07, 6.45) is 2.68. The lowest BCUT2D eigenvalue weighted by Crippen LogP contribution is -2.51. The summed E-state index contributed by atoms with van der Waals surface area (Å²) >= 11 is 0. The lowest BCUT2D eigenvalue weighted by molar-refractivity contribution is -0.139. The summed E-state index contributed by atoms with van der Waals surface area (Å²) in [5.74, 6) is -0.722. The average molecular weight is 384 g/mol. The molecule has 1 aliphatic carbocycles. The third kappa shape index (κ3) is 7.82. The smallest absolute Gasteiger partial charge is 0.333 e. The van der Waals surface area contributed by atoms with Crippen LogP contribution in [0.15, 0.2) is 11.6 Å². The van der Waals surface area contributed by atoms with E-state index in [0.717, 1.165) is 12.3 Å². The number of aldehydes is 1. The number of carbonyl (C=O) groups is 3. The Labute approximate surface area is 157 Å². The van der Waals surface area contributed by atoms with Gasteiger partial charge in [0.15, 0.2) is 0 Å². The van der Waals surface area contributed by atoms with E-state index in [1.54, 1.807) is 6.08 Å². The molecule has 0 aromatic rings. The van der Waals surface area contributed by atoms with E-state index in [2.05, 4.69) is 25.0 Å². The van der Waals surface area contributed by atoms with Crippen molar-refractivity contribution in [1.29, 1.82) is 0 Å². The molecule has 1 N–H and O–H groups in total. The molecule has 0 aromatic carbocycles. The van der Waals surface area contributed by atoms with Gasteiger partial charge in [0.2, 0.25) is 5.91 Å². The summed E-state index contributed by atoms with van der Waals surface area (Å²) in [6, 6.07) is 0.572. The molecule has 1 aliphatic rings. The maximum Gasteiger partial charge on any atom is 0.333 e. The van der Waals surface area contributed by atoms with Gasteiger partial charge in [-0.15, -0.1) is 0 Å². The number of hydrogen-bond acceptors (Lipinski definition) is 5. The minimum absolute atomic E-state index is 0.0772. The van der Waals surface area contributed by atoms with Crippen LogP contribution in [-0.4, -0.2) is 51.1 Å². The maximum atomic E-state index is 12.5. The van der Waals surface area contributed by atoms with Crippen LogP contribution < -0.4 is 5.32 Å². The molecule has 7 heteroatoms. The largest absolute Gasteiger partial charge is 0.463 e. The van der Waals surface area contributed by atoms with Crippen LogP contribution in [0.4, 0.5) is 0 Å². The van der Waals surface area contributed by atoms with Crippen LogP contribution in [0, 0.1) is 5.92 Å². The zero-order valence-corrected chi connectivity index (χ0v) is 17.8. The van der Waals surface area contributed by atoms with Crippen molar-refractivity contribution in [3.05, 3.63) is 11.6 Å². The van der Waals surface area contributed by atoms with Crippen LogP contribution >= 0.6 is 0 Å². The van der Waals surface area contributed by atoms with Gasteiger partial charge >= 0.3 is 5.97 Å². The van der Waals surface area contributed by atoms with E-state index in [1.165, 1.54) is 6.92 Å². The summed E-state index contributed by atoms with van der Waals surface area (Å²) in [5.41, 5.74) is 0.527. The van der Waals surface area contributed by atoms with Crippen molar-refractivity contribution in [3.8, 4) is 0 Å². The molecule has 0 aromatic heterocycles. The van der Waals surface area contributed by atoms with E-state index in [1.807, 2.05) is 13.8 Å². The zero-order chi connectivity index (χ0) is 19.9. The third-order valence-electron chi connectivity index (χ3n) is 4.25. The predicted octanol–water partition coefficient (Wildman–Crippen LogP) is 2.70. The molecular weight excluding hydrogens is 350 g/mol. The molecular formula is C19H33NO5Si. The van der Waals surface area contributed by atoms with Crippen molar-refractivity contribution in [1.82, 2.24) is 5.32 Å². The van der Waals surface area contributed by atoms with Gasteiger partial charge in [-0.05, 0) is 38.3 Å². The van der Waals surface area contributed by atoms with Gasteiger partial charge in [-0.25, -0.2) is 4.79 Å². The molecule has 0 unspecified atom stereocenters. The first kappa shape index (κ1) is 22.6. The molecule has 26 heavy (non-hydrogen) atoms. The van der Waals surface area contributed by atoms with Crippen molar-refractivity contribution in [2.75, 3.05) is 6.61 Å². The van der Waals surface area contributed by atoms with E-state index in [0.29, 0.717) is 18.6 Å². The zero-order valence-electron chi connectivity index (χ0n) is 16.8. The number of nitrogens with one attached hydrogen (secondary N) is 1. The van der Waals surface area contributed by atoms with Crippen LogP contribution in [0.2, 0.25) is 25.7 Å². The fraction of sp³-hybridized carbons (Fsp3) is 0.737. The molecule has 0 saturated heterocycles. The lowest BCUT2D eigenvalue weighted by atomic mass is 9.80. The molecule has 1 amide bonds. The highest BCUT2D eigenvalue weighted by atomic mass is 28.3. The Kier molecular flexibility index (Phi) is 8.69. The summed E-state index contributed by atoms with van der Waals surface area (Å²) in [6.45, 7) is 12.3. The van der Waals surface area contributed by atoms with Gasteiger partial charge in [-0.1, -0.05) is 19.6 Å². The fourth-order valence-corrected chi connectivity index (χ4v) is 3.68. The first-order chi connectivity index (χ1) is 12.0. The van der Waals surface area contributed by atoms with Gasteiger partial charge in [0.1, 0.15) is 6.29 Å². The van der Waals surface area contributed by atoms with Gasteiger partial charge in [-0.3, -0.25) is 4.79 Å². The Morgan fingerprint density at radius 3 is 2.50 bits per heavy atom. The normalized spacial score (nSPS) is 23.3. The van der Waals surface area contributed by atoms with Crippen LogP contribution in [-0.2, 0) is 23.9 Å². The Morgan fingerprint density at radius 2 is 2.00 bits per heavy atom. The highest BCUT2D eigenvalue weighted by Gasteiger charge is 2.37. The van der Waals surface area contributed by atoms with E-state index in [9.17, 15) is 14.4 Å². The third-order valence-corrected chi connectivity index (χ3v) is 5.96. The first-order valence-corrected chi connectivity index (χ1v) is 13.0. The average Bonchev–Trinajstić information content (AvgIpc) is 2.48. The highest BCUT2D eigenvalue weighted by molar-refractivity contribution is 6.76. The molecule has 1 rings (SSSR count). The van der Waals surface area contributed by atoms with Crippen molar-refractivity contribution in [3.63, 3.8) is 0 Å². The molecule has 0 aliphatic heterocycles. The first-order valence-electron chi connectivity index (χ1n) is 9.27. The lowest BCUT2D eigenvalue weighted by Gasteiger charge is -2.37. The topological polar surface area (TPSA) is 81.7 Å². The maximum absolute atomic E-state index is 12.5. The molecule has 0 bridgehead atoms. The minimum Gasteiger partial charge on any atom is -0.463 e. The van der Waals surface area contributed by atoms with Gasteiger partial charge in [-0.2, -0.15) is 0 Å². The Balaban J connectivity index is 2.95. The van der Waals surface area contributed by atoms with E-state index < -0.39 is 14.2 Å². The number of hydrogen-bond donors (Lipinski definition) is 1. The predicted molar refractivity (Wildman–Crippen MR) is 104 cm³/mol. The van der Waals surface area contributed by atoms with Crippen molar-refractivity contribution in [2.24, 2.45) is 5.92 Å². The van der Waals surface area contributed by atoms with Gasteiger partial charge in [0.05, 0.1) is 24.9 Å². The molecule has 0 saturated carbocycles. The molecule has 6 nitrogen and oxygen atoms in total. The second-order valence-corrected chi connectivity index (χ2v) is 14.0. The molecule has 0 heterocycles. The SMILES string of the molecule is CC(=O)N[C@@H]1[C@@H](CC=O)CC(C(=O)OCC[Si](C)(C)C)=C[C@H]1OC(C)C. The second-order valence-electron chi connectivity index (χ2n) is 8.38. The standard InChI is InChI=1S/C19H33NO5Si/c1-13(2)25-17-12-16(19(23)24-9-10-26(4,5)6)11-15(7-8-21)18(17)20-14(3)22/h8,12-13,15,17-18H,7,9-11H2,1-6H3,(H,20,22)/t15-,17+,18+/m0/s1. The van der Waals surface area contributed by atoms with E-state index in [4.69, 9.17) is 9.47 Å². The van der Waals surface area contributed by atoms with Crippen LogP contribution in [0.3, 0.4) is 0 Å². The van der Waals surface area contributed by atoms with E-state index >= 15 is 0 Å². The molecule has 3 atom stereocenters. The Bertz CT molecular complexity index is 539. The summed E-state index contributed by atoms with van der Waals surface area (Å²) in [7, 11) is -1.28. The van der Waals surface area contributed by atoms with Gasteiger partial charge in [0.25, 0.3) is 0 Å².